The molecule has 2 rings (SSSR count). The topological polar surface area (TPSA) is 162 Å². The van der Waals surface area contributed by atoms with Gasteiger partial charge in [-0.2, -0.15) is 0 Å². The van der Waals surface area contributed by atoms with E-state index in [1.165, 1.54) is 38.4 Å². The van der Waals surface area contributed by atoms with Crippen LogP contribution in [0.4, 0.5) is 11.4 Å². The summed E-state index contributed by atoms with van der Waals surface area (Å²) < 4.78 is 49.0. The minimum atomic E-state index is -3.51. The minimum absolute atomic E-state index is 0.00519. The van der Waals surface area contributed by atoms with Crippen molar-refractivity contribution in [3.63, 3.8) is 0 Å². The average molecular weight is 402 g/mol. The molecule has 0 saturated heterocycles. The van der Waals surface area contributed by atoms with Gasteiger partial charge in [0.2, 0.25) is 20.0 Å². The first kappa shape index (κ1) is 21.5. The maximum Gasteiger partial charge on any atom is 0.269 e. The number of sulfonamides is 2. The molecule has 0 heterocycles. The zero-order valence-corrected chi connectivity index (χ0v) is 15.5. The molecular weight excluding hydrogens is 384 g/mol. The summed E-state index contributed by atoms with van der Waals surface area (Å²) in [5, 5.41) is 10.3. The number of nitrogens with one attached hydrogen (secondary N) is 2. The highest BCUT2D eigenvalue weighted by Gasteiger charge is 2.13. The van der Waals surface area contributed by atoms with E-state index in [0.29, 0.717) is 5.69 Å². The van der Waals surface area contributed by atoms with Crippen LogP contribution in [-0.2, 0) is 20.0 Å². The van der Waals surface area contributed by atoms with Crippen LogP contribution in [-0.4, -0.2) is 35.9 Å². The van der Waals surface area contributed by atoms with Crippen LogP contribution in [0, 0.1) is 10.1 Å². The Bertz CT molecular complexity index is 956. The van der Waals surface area contributed by atoms with Crippen molar-refractivity contribution in [1.82, 2.24) is 9.44 Å². The van der Waals surface area contributed by atoms with E-state index in [2.05, 4.69) is 9.44 Å². The molecule has 0 fully saturated rings. The second kappa shape index (κ2) is 8.71. The lowest BCUT2D eigenvalue weighted by atomic mass is 10.3. The third-order valence-corrected chi connectivity index (χ3v) is 5.95. The number of nitro groups is 1. The Balaban J connectivity index is 0.000000263. The van der Waals surface area contributed by atoms with Crippen LogP contribution < -0.4 is 15.2 Å². The molecule has 0 aliphatic heterocycles. The molecule has 2 aromatic rings. The van der Waals surface area contributed by atoms with Gasteiger partial charge in [0, 0.05) is 17.8 Å². The van der Waals surface area contributed by atoms with E-state index in [9.17, 15) is 26.9 Å². The van der Waals surface area contributed by atoms with Crippen molar-refractivity contribution in [3.05, 3.63) is 58.6 Å². The van der Waals surface area contributed by atoms with Crippen molar-refractivity contribution < 1.29 is 21.8 Å². The molecule has 0 saturated carbocycles. The largest absolute Gasteiger partial charge is 0.399 e. The van der Waals surface area contributed by atoms with E-state index in [-0.39, 0.29) is 15.5 Å². The van der Waals surface area contributed by atoms with Gasteiger partial charge in [0.1, 0.15) is 0 Å². The van der Waals surface area contributed by atoms with Crippen LogP contribution in [0.15, 0.2) is 58.3 Å². The number of rotatable bonds is 5. The highest BCUT2D eigenvalue weighted by molar-refractivity contribution is 7.89. The normalized spacial score (nSPS) is 11.3. The number of benzene rings is 2. The van der Waals surface area contributed by atoms with E-state index in [1.54, 1.807) is 12.1 Å². The van der Waals surface area contributed by atoms with Gasteiger partial charge in [0.25, 0.3) is 5.69 Å². The zero-order chi connectivity index (χ0) is 20.0. The summed E-state index contributed by atoms with van der Waals surface area (Å²) in [5.74, 6) is 0. The van der Waals surface area contributed by atoms with Crippen molar-refractivity contribution >= 4 is 31.4 Å². The molecule has 0 radical (unpaired) electrons. The van der Waals surface area contributed by atoms with Crippen LogP contribution in [0.25, 0.3) is 0 Å². The maximum atomic E-state index is 11.2. The van der Waals surface area contributed by atoms with Crippen LogP contribution in [0.1, 0.15) is 0 Å². The van der Waals surface area contributed by atoms with E-state index in [4.69, 9.17) is 5.73 Å². The summed E-state index contributed by atoms with van der Waals surface area (Å²) in [5.41, 5.74) is 5.80. The molecule has 0 bridgehead atoms. The van der Waals surface area contributed by atoms with Gasteiger partial charge in [0.05, 0.1) is 14.7 Å². The molecule has 0 unspecified atom stereocenters. The van der Waals surface area contributed by atoms with Crippen molar-refractivity contribution in [2.75, 3.05) is 19.8 Å². The average Bonchev–Trinajstić information content (AvgIpc) is 2.62. The molecule has 142 valence electrons. The summed E-state index contributed by atoms with van der Waals surface area (Å²) >= 11 is 0. The lowest BCUT2D eigenvalue weighted by Crippen LogP contribution is -2.18. The van der Waals surface area contributed by atoms with Gasteiger partial charge >= 0.3 is 0 Å². The first-order valence-corrected chi connectivity index (χ1v) is 9.97. The SMILES string of the molecule is CNS(=O)(=O)c1ccc(N)cc1.CNS(=O)(=O)c1ccc([N+](=O)[O-])cc1. The smallest absolute Gasteiger partial charge is 0.269 e. The molecule has 0 atom stereocenters. The second-order valence-corrected chi connectivity index (χ2v) is 8.51. The van der Waals surface area contributed by atoms with Crippen LogP contribution >= 0.6 is 0 Å². The number of hydrogen-bond acceptors (Lipinski definition) is 7. The lowest BCUT2D eigenvalue weighted by Gasteiger charge is -2.01. The molecule has 12 heteroatoms. The first-order chi connectivity index (χ1) is 12.0. The molecule has 0 spiro atoms. The van der Waals surface area contributed by atoms with Crippen molar-refractivity contribution in [2.24, 2.45) is 0 Å². The van der Waals surface area contributed by atoms with E-state index in [1.807, 2.05) is 0 Å². The van der Waals surface area contributed by atoms with Crippen molar-refractivity contribution in [1.29, 1.82) is 0 Å². The van der Waals surface area contributed by atoms with Crippen LogP contribution in [0.5, 0.6) is 0 Å². The number of non-ortho nitro benzene ring substituents is 1. The number of anilines is 1. The highest BCUT2D eigenvalue weighted by atomic mass is 32.2. The third kappa shape index (κ3) is 5.77. The van der Waals surface area contributed by atoms with Crippen molar-refractivity contribution in [2.45, 2.75) is 9.79 Å². The van der Waals surface area contributed by atoms with Gasteiger partial charge in [-0.1, -0.05) is 0 Å². The number of nitro benzene ring substituents is 1. The van der Waals surface area contributed by atoms with Gasteiger partial charge in [-0.25, -0.2) is 26.3 Å². The highest BCUT2D eigenvalue weighted by Crippen LogP contribution is 2.15. The Morgan fingerprint density at radius 1 is 0.808 bits per heavy atom. The minimum Gasteiger partial charge on any atom is -0.399 e. The predicted octanol–water partition coefficient (Wildman–Crippen LogP) is 0.680. The van der Waals surface area contributed by atoms with Gasteiger partial charge in [-0.05, 0) is 50.5 Å². The fourth-order valence-electron chi connectivity index (χ4n) is 1.63. The summed E-state index contributed by atoms with van der Waals surface area (Å²) in [6, 6.07) is 10.7. The van der Waals surface area contributed by atoms with Crippen LogP contribution in [0.3, 0.4) is 0 Å². The molecule has 26 heavy (non-hydrogen) atoms. The van der Waals surface area contributed by atoms with E-state index < -0.39 is 25.0 Å². The molecule has 0 amide bonds. The standard InChI is InChI=1S/C7H8N2O4S.C7H10N2O2S/c1-8-14(12,13)7-4-2-6(3-5-7)9(10)11;1-9-12(10,11)7-4-2-6(8)3-5-7/h2-5,8H,1H3;2-5,9H,8H2,1H3. The Morgan fingerprint density at radius 2 is 1.15 bits per heavy atom. The first-order valence-electron chi connectivity index (χ1n) is 7.00. The van der Waals surface area contributed by atoms with Gasteiger partial charge in [0.15, 0.2) is 0 Å². The fraction of sp³-hybridized carbons (Fsp3) is 0.143. The monoisotopic (exact) mass is 402 g/mol. The summed E-state index contributed by atoms with van der Waals surface area (Å²) in [6.07, 6.45) is 0. The fourth-order valence-corrected chi connectivity index (χ4v) is 3.09. The number of hydrogen-bond donors (Lipinski definition) is 3. The lowest BCUT2D eigenvalue weighted by molar-refractivity contribution is -0.384. The van der Waals surface area contributed by atoms with Crippen molar-refractivity contribution in [3.8, 4) is 0 Å². The Morgan fingerprint density at radius 3 is 1.46 bits per heavy atom. The van der Waals surface area contributed by atoms with Gasteiger partial charge < -0.3 is 5.73 Å². The third-order valence-electron chi connectivity index (χ3n) is 3.09. The number of nitrogens with two attached hydrogens (primary N) is 1. The van der Waals surface area contributed by atoms with Gasteiger partial charge in [-0.15, -0.1) is 0 Å². The van der Waals surface area contributed by atoms with Crippen LogP contribution in [0.2, 0.25) is 0 Å². The molecule has 10 nitrogen and oxygen atoms in total. The molecule has 2 aromatic carbocycles. The molecule has 0 aliphatic rings. The molecule has 0 aromatic heterocycles. The summed E-state index contributed by atoms with van der Waals surface area (Å²) in [6.45, 7) is 0. The predicted molar refractivity (Wildman–Crippen MR) is 96.4 cm³/mol. The number of nitrogens with zero attached hydrogens (tertiary/aromatic N) is 1. The quantitative estimate of drug-likeness (QED) is 0.376. The summed E-state index contributed by atoms with van der Waals surface area (Å²) in [7, 11) is -4.19. The zero-order valence-electron chi connectivity index (χ0n) is 13.9. The molecule has 0 aliphatic carbocycles. The number of nitrogen functional groups attached to an aromatic ring is 1. The Kier molecular flexibility index (Phi) is 7.20. The molecule has 4 N–H and O–H groups in total. The Labute approximate surface area is 151 Å². The second-order valence-electron chi connectivity index (χ2n) is 4.74. The molecular formula is C14H18N4O6S2. The van der Waals surface area contributed by atoms with E-state index >= 15 is 0 Å². The van der Waals surface area contributed by atoms with E-state index in [0.717, 1.165) is 12.1 Å². The Hall–Kier alpha value is -2.54. The maximum absolute atomic E-state index is 11.2. The van der Waals surface area contributed by atoms with Gasteiger partial charge in [-0.3, -0.25) is 10.1 Å². The summed E-state index contributed by atoms with van der Waals surface area (Å²) in [4.78, 5) is 9.91.